The van der Waals surface area contributed by atoms with Crippen molar-refractivity contribution in [2.24, 2.45) is 0 Å². The van der Waals surface area contributed by atoms with Crippen LogP contribution in [0, 0.1) is 13.8 Å². The van der Waals surface area contributed by atoms with Crippen LogP contribution in [0.3, 0.4) is 0 Å². The highest BCUT2D eigenvalue weighted by Gasteiger charge is 2.17. The van der Waals surface area contributed by atoms with Crippen molar-refractivity contribution in [2.75, 3.05) is 0 Å². The molecule has 0 unspecified atom stereocenters. The molecule has 0 N–H and O–H groups in total. The first kappa shape index (κ1) is 14.7. The van der Waals surface area contributed by atoms with Crippen molar-refractivity contribution >= 4 is 5.78 Å². The number of allylic oxidation sites excluding steroid dienone is 1. The van der Waals surface area contributed by atoms with Crippen LogP contribution in [0.25, 0.3) is 0 Å². The largest absolute Gasteiger partial charge is 0.294 e. The Hall–Kier alpha value is -1.37. The van der Waals surface area contributed by atoms with Gasteiger partial charge in [-0.05, 0) is 54.0 Å². The first-order valence-electron chi connectivity index (χ1n) is 6.42. The molecule has 1 aromatic carbocycles. The SMILES string of the molecule is C=C(C)C(=O)Cc1c(C)cc(C(C)(C)C)cc1C. The Morgan fingerprint density at radius 3 is 1.94 bits per heavy atom. The van der Waals surface area contributed by atoms with Crippen LogP contribution in [-0.4, -0.2) is 5.78 Å². The summed E-state index contributed by atoms with van der Waals surface area (Å²) in [5.41, 5.74) is 5.66. The summed E-state index contributed by atoms with van der Waals surface area (Å²) in [5.74, 6) is 0.129. The highest BCUT2D eigenvalue weighted by Crippen LogP contribution is 2.27. The van der Waals surface area contributed by atoms with Crippen LogP contribution in [0.2, 0.25) is 0 Å². The van der Waals surface area contributed by atoms with Gasteiger partial charge >= 0.3 is 0 Å². The van der Waals surface area contributed by atoms with E-state index in [1.165, 1.54) is 16.7 Å². The average Bonchev–Trinajstić information content (AvgIpc) is 2.21. The highest BCUT2D eigenvalue weighted by atomic mass is 16.1. The molecule has 0 aliphatic rings. The summed E-state index contributed by atoms with van der Waals surface area (Å²) in [7, 11) is 0. The monoisotopic (exact) mass is 244 g/mol. The molecule has 0 aliphatic heterocycles. The lowest BCUT2D eigenvalue weighted by molar-refractivity contribution is -0.114. The summed E-state index contributed by atoms with van der Waals surface area (Å²) >= 11 is 0. The zero-order valence-electron chi connectivity index (χ0n) is 12.5. The Morgan fingerprint density at radius 2 is 1.61 bits per heavy atom. The molecule has 1 aromatic rings. The molecule has 0 aromatic heterocycles. The molecule has 1 nitrogen and oxygen atoms in total. The van der Waals surface area contributed by atoms with Gasteiger partial charge < -0.3 is 0 Å². The van der Waals surface area contributed by atoms with Gasteiger partial charge in [-0.15, -0.1) is 0 Å². The highest BCUT2D eigenvalue weighted by molar-refractivity contribution is 5.96. The Morgan fingerprint density at radius 1 is 1.17 bits per heavy atom. The number of hydrogen-bond acceptors (Lipinski definition) is 1. The summed E-state index contributed by atoms with van der Waals surface area (Å²) in [6.07, 6.45) is 0.470. The van der Waals surface area contributed by atoms with Crippen LogP contribution >= 0.6 is 0 Å². The van der Waals surface area contributed by atoms with Crippen LogP contribution in [-0.2, 0) is 16.6 Å². The van der Waals surface area contributed by atoms with Crippen molar-refractivity contribution < 1.29 is 4.79 Å². The van der Waals surface area contributed by atoms with Gasteiger partial charge in [0, 0.05) is 6.42 Å². The number of hydrogen-bond donors (Lipinski definition) is 0. The molecule has 0 fully saturated rings. The summed E-state index contributed by atoms with van der Waals surface area (Å²) < 4.78 is 0. The fourth-order valence-electron chi connectivity index (χ4n) is 2.02. The van der Waals surface area contributed by atoms with Crippen LogP contribution in [0.15, 0.2) is 24.3 Å². The molecule has 0 radical (unpaired) electrons. The second-order valence-electron chi connectivity index (χ2n) is 6.22. The number of carbonyl (C=O) groups excluding carboxylic acids is 1. The van der Waals surface area contributed by atoms with Crippen molar-refractivity contribution in [2.45, 2.75) is 53.4 Å². The topological polar surface area (TPSA) is 17.1 Å². The van der Waals surface area contributed by atoms with Crippen LogP contribution in [0.4, 0.5) is 0 Å². The van der Waals surface area contributed by atoms with Gasteiger partial charge in [0.15, 0.2) is 5.78 Å². The molecule has 18 heavy (non-hydrogen) atoms. The number of ketones is 1. The lowest BCUT2D eigenvalue weighted by Crippen LogP contribution is -2.14. The van der Waals surface area contributed by atoms with Crippen molar-refractivity contribution in [1.82, 2.24) is 0 Å². The van der Waals surface area contributed by atoms with Crippen molar-refractivity contribution in [1.29, 1.82) is 0 Å². The predicted molar refractivity (Wildman–Crippen MR) is 78.1 cm³/mol. The first-order valence-corrected chi connectivity index (χ1v) is 6.42. The Bertz CT molecular complexity index is 464. The van der Waals surface area contributed by atoms with E-state index in [0.717, 1.165) is 5.56 Å². The fraction of sp³-hybridized carbons (Fsp3) is 0.471. The van der Waals surface area contributed by atoms with E-state index in [9.17, 15) is 4.79 Å². The molecule has 1 heteroatoms. The molecule has 0 saturated carbocycles. The lowest BCUT2D eigenvalue weighted by atomic mass is 9.83. The summed E-state index contributed by atoms with van der Waals surface area (Å²) in [4.78, 5) is 11.8. The van der Waals surface area contributed by atoms with Gasteiger partial charge in [0.2, 0.25) is 0 Å². The van der Waals surface area contributed by atoms with E-state index in [2.05, 4.69) is 53.3 Å². The molecule has 0 atom stereocenters. The van der Waals surface area contributed by atoms with Crippen molar-refractivity contribution in [3.8, 4) is 0 Å². The number of carbonyl (C=O) groups is 1. The molecule has 98 valence electrons. The summed E-state index contributed by atoms with van der Waals surface area (Å²) in [6, 6.07) is 4.40. The van der Waals surface area contributed by atoms with Gasteiger partial charge in [0.1, 0.15) is 0 Å². The lowest BCUT2D eigenvalue weighted by Gasteiger charge is -2.22. The molecule has 0 amide bonds. The van der Waals surface area contributed by atoms with Gasteiger partial charge in [-0.1, -0.05) is 39.5 Å². The Labute approximate surface area is 111 Å². The van der Waals surface area contributed by atoms with E-state index in [-0.39, 0.29) is 11.2 Å². The van der Waals surface area contributed by atoms with Crippen molar-refractivity contribution in [3.63, 3.8) is 0 Å². The van der Waals surface area contributed by atoms with Gasteiger partial charge in [-0.3, -0.25) is 4.79 Å². The quantitative estimate of drug-likeness (QED) is 0.725. The van der Waals surface area contributed by atoms with E-state index in [0.29, 0.717) is 12.0 Å². The third-order valence-corrected chi connectivity index (χ3v) is 3.38. The number of aryl methyl sites for hydroxylation is 2. The molecular formula is C17H24O. The van der Waals surface area contributed by atoms with Gasteiger partial charge in [-0.25, -0.2) is 0 Å². The minimum Gasteiger partial charge on any atom is -0.294 e. The Balaban J connectivity index is 3.17. The first-order chi connectivity index (χ1) is 8.12. The molecule has 0 bridgehead atoms. The average molecular weight is 244 g/mol. The second-order valence-corrected chi connectivity index (χ2v) is 6.22. The maximum absolute atomic E-state index is 11.8. The third-order valence-electron chi connectivity index (χ3n) is 3.38. The van der Waals surface area contributed by atoms with Crippen molar-refractivity contribution in [3.05, 3.63) is 46.5 Å². The molecule has 0 heterocycles. The zero-order chi connectivity index (χ0) is 14.1. The van der Waals surface area contributed by atoms with Gasteiger partial charge in [0.25, 0.3) is 0 Å². The smallest absolute Gasteiger partial charge is 0.162 e. The maximum Gasteiger partial charge on any atom is 0.162 e. The fourth-order valence-corrected chi connectivity index (χ4v) is 2.02. The molecular weight excluding hydrogens is 220 g/mol. The normalized spacial score (nSPS) is 11.4. The van der Waals surface area contributed by atoms with E-state index >= 15 is 0 Å². The standard InChI is InChI=1S/C17H24O/c1-11(2)16(18)10-15-12(3)8-14(9-13(15)4)17(5,6)7/h8-9H,1,10H2,2-7H3. The number of benzene rings is 1. The van der Waals surface area contributed by atoms with Crippen LogP contribution < -0.4 is 0 Å². The van der Waals surface area contributed by atoms with Gasteiger partial charge in [0.05, 0.1) is 0 Å². The summed E-state index contributed by atoms with van der Waals surface area (Å²) in [6.45, 7) is 16.3. The van der Waals surface area contributed by atoms with Crippen LogP contribution in [0.1, 0.15) is 49.9 Å². The molecule has 0 saturated heterocycles. The van der Waals surface area contributed by atoms with E-state index in [1.54, 1.807) is 6.92 Å². The third kappa shape index (κ3) is 3.32. The minimum absolute atomic E-state index is 0.129. The van der Waals surface area contributed by atoms with Gasteiger partial charge in [-0.2, -0.15) is 0 Å². The molecule has 1 rings (SSSR count). The molecule has 0 aliphatic carbocycles. The molecule has 0 spiro atoms. The predicted octanol–water partition coefficient (Wildman–Crippen LogP) is 4.29. The number of rotatable bonds is 3. The maximum atomic E-state index is 11.8. The summed E-state index contributed by atoms with van der Waals surface area (Å²) in [5, 5.41) is 0. The Kier molecular flexibility index (Phi) is 4.16. The number of Topliss-reactive ketones (excluding diaryl/α,β-unsaturated/α-hetero) is 1. The van der Waals surface area contributed by atoms with E-state index < -0.39 is 0 Å². The minimum atomic E-state index is 0.129. The van der Waals surface area contributed by atoms with Crippen LogP contribution in [0.5, 0.6) is 0 Å². The second kappa shape index (κ2) is 5.09. The zero-order valence-corrected chi connectivity index (χ0v) is 12.5. The van der Waals surface area contributed by atoms with E-state index in [4.69, 9.17) is 0 Å². The van der Waals surface area contributed by atoms with E-state index in [1.807, 2.05) is 0 Å².